The summed E-state index contributed by atoms with van der Waals surface area (Å²) in [6.07, 6.45) is 0. The molecule has 0 radical (unpaired) electrons. The Bertz CT molecular complexity index is 533. The summed E-state index contributed by atoms with van der Waals surface area (Å²) < 4.78 is 13.6. The first-order valence-corrected chi connectivity index (χ1v) is 6.95. The van der Waals surface area contributed by atoms with Gasteiger partial charge >= 0.3 is 0 Å². The fourth-order valence-electron chi connectivity index (χ4n) is 1.69. The van der Waals surface area contributed by atoms with Gasteiger partial charge in [0.2, 0.25) is 0 Å². The molecule has 0 fully saturated rings. The van der Waals surface area contributed by atoms with E-state index >= 15 is 0 Å². The van der Waals surface area contributed by atoms with E-state index in [9.17, 15) is 4.39 Å². The van der Waals surface area contributed by atoms with Crippen molar-refractivity contribution in [3.05, 3.63) is 68.4 Å². The van der Waals surface area contributed by atoms with Crippen LogP contribution in [-0.4, -0.2) is 0 Å². The average Bonchev–Trinajstić information content (AvgIpc) is 2.35. The first kappa shape index (κ1) is 13.9. The van der Waals surface area contributed by atoms with Crippen molar-refractivity contribution in [2.24, 2.45) is 0 Å². The van der Waals surface area contributed by atoms with Gasteiger partial charge in [-0.3, -0.25) is 0 Å². The molecule has 0 spiro atoms. The summed E-state index contributed by atoms with van der Waals surface area (Å²) >= 11 is 15.5. The first-order valence-electron chi connectivity index (χ1n) is 5.34. The van der Waals surface area contributed by atoms with Gasteiger partial charge in [-0.2, -0.15) is 0 Å². The lowest BCUT2D eigenvalue weighted by Gasteiger charge is -2.12. The summed E-state index contributed by atoms with van der Waals surface area (Å²) in [5.74, 6) is -0.296. The molecule has 1 atom stereocenters. The van der Waals surface area contributed by atoms with Crippen LogP contribution in [0.5, 0.6) is 0 Å². The topological polar surface area (TPSA) is 0 Å². The van der Waals surface area contributed by atoms with Gasteiger partial charge in [0, 0.05) is 5.02 Å². The molecule has 2 aromatic carbocycles. The summed E-state index contributed by atoms with van der Waals surface area (Å²) in [5.41, 5.74) is 2.75. The van der Waals surface area contributed by atoms with Crippen LogP contribution >= 0.6 is 39.1 Å². The Balaban J connectivity index is 2.37. The summed E-state index contributed by atoms with van der Waals surface area (Å²) in [5, 5.41) is 0.390. The predicted octanol–water partition coefficient (Wildman–Crippen LogP) is 5.88. The minimum Gasteiger partial charge on any atom is -0.206 e. The number of aryl methyl sites for hydroxylation is 1. The van der Waals surface area contributed by atoms with E-state index in [0.29, 0.717) is 9.50 Å². The molecule has 0 amide bonds. The Labute approximate surface area is 124 Å². The molecule has 18 heavy (non-hydrogen) atoms. The van der Waals surface area contributed by atoms with Crippen molar-refractivity contribution in [3.8, 4) is 0 Å². The highest BCUT2D eigenvalue weighted by molar-refractivity contribution is 9.10. The third-order valence-corrected chi connectivity index (χ3v) is 4.25. The van der Waals surface area contributed by atoms with Gasteiger partial charge in [0.1, 0.15) is 5.82 Å². The number of rotatable bonds is 2. The zero-order chi connectivity index (χ0) is 13.3. The van der Waals surface area contributed by atoms with Crippen molar-refractivity contribution in [1.29, 1.82) is 0 Å². The highest BCUT2D eigenvalue weighted by Crippen LogP contribution is 2.32. The lowest BCUT2D eigenvalue weighted by atomic mass is 10.0. The molecule has 0 aliphatic rings. The van der Waals surface area contributed by atoms with E-state index in [1.807, 2.05) is 25.1 Å². The zero-order valence-corrected chi connectivity index (χ0v) is 12.7. The summed E-state index contributed by atoms with van der Waals surface area (Å²) in [7, 11) is 0. The first-order chi connectivity index (χ1) is 8.49. The summed E-state index contributed by atoms with van der Waals surface area (Å²) in [6.45, 7) is 1.93. The molecule has 0 aliphatic carbocycles. The molecule has 0 heterocycles. The van der Waals surface area contributed by atoms with E-state index in [-0.39, 0.29) is 11.2 Å². The normalized spacial score (nSPS) is 12.5. The molecule has 1 unspecified atom stereocenters. The van der Waals surface area contributed by atoms with Crippen LogP contribution in [-0.2, 0) is 0 Å². The van der Waals surface area contributed by atoms with E-state index in [1.165, 1.54) is 6.07 Å². The molecule has 0 bridgehead atoms. The molecule has 2 aromatic rings. The van der Waals surface area contributed by atoms with Gasteiger partial charge in [0.25, 0.3) is 0 Å². The fourth-order valence-corrected chi connectivity index (χ4v) is 2.47. The van der Waals surface area contributed by atoms with Gasteiger partial charge in [0.15, 0.2) is 0 Å². The Morgan fingerprint density at radius 1 is 1.11 bits per heavy atom. The molecule has 0 saturated carbocycles. The maximum Gasteiger partial charge on any atom is 0.137 e. The van der Waals surface area contributed by atoms with Crippen LogP contribution in [0.25, 0.3) is 0 Å². The molecule has 2 rings (SSSR count). The maximum atomic E-state index is 13.2. The van der Waals surface area contributed by atoms with Crippen molar-refractivity contribution in [2.75, 3.05) is 0 Å². The minimum atomic E-state index is -0.321. The largest absolute Gasteiger partial charge is 0.206 e. The maximum absolute atomic E-state index is 13.2. The molecule has 0 N–H and O–H groups in total. The Morgan fingerprint density at radius 3 is 2.33 bits per heavy atom. The highest BCUT2D eigenvalue weighted by Gasteiger charge is 2.13. The SMILES string of the molecule is Cc1cc(C(Cl)c2ccc(F)c(Br)c2)ccc1Cl. The summed E-state index contributed by atoms with van der Waals surface area (Å²) in [6, 6.07) is 10.4. The molecule has 94 valence electrons. The van der Waals surface area contributed by atoms with Crippen LogP contribution < -0.4 is 0 Å². The zero-order valence-electron chi connectivity index (χ0n) is 9.55. The molecule has 0 aromatic heterocycles. The fraction of sp³-hybridized carbons (Fsp3) is 0.143. The Hall–Kier alpha value is -0.570. The number of hydrogen-bond donors (Lipinski definition) is 0. The number of benzene rings is 2. The number of alkyl halides is 1. The third kappa shape index (κ3) is 2.87. The second kappa shape index (κ2) is 5.60. The minimum absolute atomic E-state index is 0.296. The van der Waals surface area contributed by atoms with Crippen LogP contribution in [0.4, 0.5) is 4.39 Å². The van der Waals surface area contributed by atoms with Gasteiger partial charge in [-0.15, -0.1) is 11.6 Å². The van der Waals surface area contributed by atoms with Crippen LogP contribution in [0.2, 0.25) is 5.02 Å². The Morgan fingerprint density at radius 2 is 1.72 bits per heavy atom. The molecule has 0 aliphatic heterocycles. The third-order valence-electron chi connectivity index (χ3n) is 2.71. The van der Waals surface area contributed by atoms with Crippen LogP contribution in [0.3, 0.4) is 0 Å². The van der Waals surface area contributed by atoms with Crippen LogP contribution in [0.15, 0.2) is 40.9 Å². The molecular weight excluding hydrogens is 338 g/mol. The second-order valence-electron chi connectivity index (χ2n) is 4.04. The van der Waals surface area contributed by atoms with E-state index in [0.717, 1.165) is 16.7 Å². The molecule has 0 nitrogen and oxygen atoms in total. The van der Waals surface area contributed by atoms with E-state index in [4.69, 9.17) is 23.2 Å². The smallest absolute Gasteiger partial charge is 0.137 e. The predicted molar refractivity (Wildman–Crippen MR) is 78.0 cm³/mol. The van der Waals surface area contributed by atoms with Gasteiger partial charge < -0.3 is 0 Å². The van der Waals surface area contributed by atoms with Gasteiger partial charge in [-0.1, -0.05) is 29.8 Å². The highest BCUT2D eigenvalue weighted by atomic mass is 79.9. The number of hydrogen-bond acceptors (Lipinski definition) is 0. The van der Waals surface area contributed by atoms with E-state index < -0.39 is 0 Å². The van der Waals surface area contributed by atoms with Crippen LogP contribution in [0.1, 0.15) is 22.1 Å². The number of halogens is 4. The van der Waals surface area contributed by atoms with E-state index in [2.05, 4.69) is 15.9 Å². The van der Waals surface area contributed by atoms with Crippen molar-refractivity contribution in [2.45, 2.75) is 12.3 Å². The lowest BCUT2D eigenvalue weighted by molar-refractivity contribution is 0.620. The van der Waals surface area contributed by atoms with Gasteiger partial charge in [0.05, 0.1) is 9.85 Å². The second-order valence-corrected chi connectivity index (χ2v) is 5.74. The standard InChI is InChI=1S/C14H10BrCl2F/c1-8-6-9(2-4-12(8)16)14(17)10-3-5-13(18)11(15)7-10/h2-7,14H,1H3. The Kier molecular flexibility index (Phi) is 4.31. The van der Waals surface area contributed by atoms with Crippen LogP contribution in [0, 0.1) is 12.7 Å². The van der Waals surface area contributed by atoms with Crippen molar-refractivity contribution < 1.29 is 4.39 Å². The molecule has 4 heteroatoms. The van der Waals surface area contributed by atoms with Crippen molar-refractivity contribution in [1.82, 2.24) is 0 Å². The lowest BCUT2D eigenvalue weighted by Crippen LogP contribution is -1.95. The van der Waals surface area contributed by atoms with Crippen molar-refractivity contribution in [3.63, 3.8) is 0 Å². The quantitative estimate of drug-likeness (QED) is 0.595. The average molecular weight is 348 g/mol. The monoisotopic (exact) mass is 346 g/mol. The van der Waals surface area contributed by atoms with E-state index in [1.54, 1.807) is 12.1 Å². The molecule has 0 saturated heterocycles. The molecular formula is C14H10BrCl2F. The van der Waals surface area contributed by atoms with Gasteiger partial charge in [-0.05, 0) is 57.7 Å². The van der Waals surface area contributed by atoms with Gasteiger partial charge in [-0.25, -0.2) is 4.39 Å². The van der Waals surface area contributed by atoms with Crippen molar-refractivity contribution >= 4 is 39.1 Å². The summed E-state index contributed by atoms with van der Waals surface area (Å²) in [4.78, 5) is 0.